The zero-order valence-corrected chi connectivity index (χ0v) is 11.7. The van der Waals surface area contributed by atoms with Crippen molar-refractivity contribution in [3.63, 3.8) is 0 Å². The van der Waals surface area contributed by atoms with E-state index < -0.39 is 0 Å². The fourth-order valence-corrected chi connectivity index (χ4v) is 3.31. The fourth-order valence-electron chi connectivity index (χ4n) is 1.78. The molecule has 0 aliphatic rings. The van der Waals surface area contributed by atoms with Crippen molar-refractivity contribution >= 4 is 36.2 Å². The number of hydrogen-bond acceptors (Lipinski definition) is 2. The van der Waals surface area contributed by atoms with Gasteiger partial charge in [-0.1, -0.05) is 36.4 Å². The summed E-state index contributed by atoms with van der Waals surface area (Å²) in [7, 11) is 0. The maximum absolute atomic E-state index is 2.20. The van der Waals surface area contributed by atoms with Crippen LogP contribution in [0.1, 0.15) is 0 Å². The van der Waals surface area contributed by atoms with Gasteiger partial charge in [0.15, 0.2) is 0 Å². The van der Waals surface area contributed by atoms with Gasteiger partial charge in [0, 0.05) is 20.9 Å². The second kappa shape index (κ2) is 5.54. The van der Waals surface area contributed by atoms with Crippen LogP contribution in [0.3, 0.4) is 0 Å². The van der Waals surface area contributed by atoms with Gasteiger partial charge >= 0.3 is 0 Å². The van der Waals surface area contributed by atoms with Gasteiger partial charge in [-0.25, -0.2) is 0 Å². The lowest BCUT2D eigenvalue weighted by Gasteiger charge is -2.05. The molecule has 0 saturated heterocycles. The van der Waals surface area contributed by atoms with Crippen LogP contribution in [0.5, 0.6) is 0 Å². The van der Waals surface area contributed by atoms with Crippen molar-refractivity contribution in [3.05, 3.63) is 59.3 Å². The van der Waals surface area contributed by atoms with Crippen LogP contribution in [0.4, 0.5) is 0 Å². The van der Waals surface area contributed by atoms with Gasteiger partial charge in [0.25, 0.3) is 0 Å². The maximum Gasteiger partial charge on any atom is 0.0349 e. The monoisotopic (exact) mass is 276 g/mol. The SMILES string of the molecule is S.c1csc(-c2ccccc2-c2cccs2)c1. The smallest absolute Gasteiger partial charge is 0.0349 e. The summed E-state index contributed by atoms with van der Waals surface area (Å²) < 4.78 is 0. The minimum Gasteiger partial charge on any atom is -0.197 e. The summed E-state index contributed by atoms with van der Waals surface area (Å²) in [5.41, 5.74) is 2.67. The first-order chi connectivity index (χ1) is 7.95. The second-order valence-corrected chi connectivity index (χ2v) is 5.40. The highest BCUT2D eigenvalue weighted by Crippen LogP contribution is 2.36. The molecule has 86 valence electrons. The predicted octanol–water partition coefficient (Wildman–Crippen LogP) is 5.26. The maximum atomic E-state index is 2.20. The first-order valence-corrected chi connectivity index (χ1v) is 6.88. The first-order valence-electron chi connectivity index (χ1n) is 5.12. The van der Waals surface area contributed by atoms with Gasteiger partial charge < -0.3 is 0 Å². The second-order valence-electron chi connectivity index (χ2n) is 3.50. The number of hydrogen-bond donors (Lipinski definition) is 0. The fraction of sp³-hybridized carbons (Fsp3) is 0. The Morgan fingerprint density at radius 3 is 1.41 bits per heavy atom. The molecule has 3 heteroatoms. The number of rotatable bonds is 2. The lowest BCUT2D eigenvalue weighted by molar-refractivity contribution is 1.69. The molecule has 3 rings (SSSR count). The molecule has 0 atom stereocenters. The van der Waals surface area contributed by atoms with Gasteiger partial charge in [-0.3, -0.25) is 0 Å². The van der Waals surface area contributed by atoms with E-state index in [0.717, 1.165) is 0 Å². The molecule has 0 nitrogen and oxygen atoms in total. The molecule has 2 aromatic heterocycles. The standard InChI is InChI=1S/C14H10S2.H2S/c1-2-6-12(14-8-4-10-16-14)11(5-1)13-7-3-9-15-13;/h1-10H;1H2. The molecule has 17 heavy (non-hydrogen) atoms. The minimum atomic E-state index is 0. The normalized spacial score (nSPS) is 9.88. The Morgan fingerprint density at radius 2 is 1.06 bits per heavy atom. The molecule has 0 radical (unpaired) electrons. The van der Waals surface area contributed by atoms with Crippen LogP contribution in [0.15, 0.2) is 59.3 Å². The highest BCUT2D eigenvalue weighted by Gasteiger charge is 2.07. The average molecular weight is 276 g/mol. The van der Waals surface area contributed by atoms with E-state index in [1.807, 2.05) is 0 Å². The van der Waals surface area contributed by atoms with E-state index in [1.54, 1.807) is 22.7 Å². The molecular weight excluding hydrogens is 264 g/mol. The van der Waals surface area contributed by atoms with Crippen molar-refractivity contribution in [2.75, 3.05) is 0 Å². The highest BCUT2D eigenvalue weighted by atomic mass is 32.1. The summed E-state index contributed by atoms with van der Waals surface area (Å²) in [4.78, 5) is 2.67. The summed E-state index contributed by atoms with van der Waals surface area (Å²) >= 11 is 3.58. The Morgan fingerprint density at radius 1 is 0.588 bits per heavy atom. The van der Waals surface area contributed by atoms with E-state index in [4.69, 9.17) is 0 Å². The van der Waals surface area contributed by atoms with Crippen LogP contribution in [0.25, 0.3) is 20.9 Å². The molecule has 0 N–H and O–H groups in total. The third kappa shape index (κ3) is 2.46. The van der Waals surface area contributed by atoms with Gasteiger partial charge in [-0.2, -0.15) is 13.5 Å². The van der Waals surface area contributed by atoms with Gasteiger partial charge in [0.2, 0.25) is 0 Å². The van der Waals surface area contributed by atoms with E-state index in [1.165, 1.54) is 20.9 Å². The zero-order valence-electron chi connectivity index (χ0n) is 9.09. The van der Waals surface area contributed by atoms with Crippen LogP contribution in [-0.4, -0.2) is 0 Å². The molecule has 2 heterocycles. The summed E-state index contributed by atoms with van der Waals surface area (Å²) in [6.07, 6.45) is 0. The van der Waals surface area contributed by atoms with E-state index in [-0.39, 0.29) is 13.5 Å². The summed E-state index contributed by atoms with van der Waals surface area (Å²) in [6, 6.07) is 17.2. The van der Waals surface area contributed by atoms with Crippen molar-refractivity contribution in [3.8, 4) is 20.9 Å². The third-order valence-electron chi connectivity index (χ3n) is 2.50. The van der Waals surface area contributed by atoms with Crippen molar-refractivity contribution in [2.45, 2.75) is 0 Å². The molecule has 0 unspecified atom stereocenters. The Hall–Kier alpha value is -1.03. The molecular formula is C14H12S3. The molecule has 0 amide bonds. The molecule has 0 fully saturated rings. The van der Waals surface area contributed by atoms with Gasteiger partial charge in [0.1, 0.15) is 0 Å². The molecule has 3 aromatic rings. The number of thiophene rings is 2. The van der Waals surface area contributed by atoms with E-state index in [2.05, 4.69) is 59.3 Å². The van der Waals surface area contributed by atoms with Crippen molar-refractivity contribution in [1.82, 2.24) is 0 Å². The quantitative estimate of drug-likeness (QED) is 0.599. The molecule has 0 saturated carbocycles. The van der Waals surface area contributed by atoms with Crippen LogP contribution >= 0.6 is 36.2 Å². The molecule has 1 aromatic carbocycles. The van der Waals surface area contributed by atoms with E-state index >= 15 is 0 Å². The lowest BCUT2D eigenvalue weighted by atomic mass is 10.0. The summed E-state index contributed by atoms with van der Waals surface area (Å²) in [6.45, 7) is 0. The summed E-state index contributed by atoms with van der Waals surface area (Å²) in [5, 5.41) is 4.25. The zero-order chi connectivity index (χ0) is 10.8. The molecule has 0 bridgehead atoms. The summed E-state index contributed by atoms with van der Waals surface area (Å²) in [5.74, 6) is 0. The third-order valence-corrected chi connectivity index (χ3v) is 4.31. The largest absolute Gasteiger partial charge is 0.197 e. The van der Waals surface area contributed by atoms with Gasteiger partial charge in [0.05, 0.1) is 0 Å². The van der Waals surface area contributed by atoms with Crippen molar-refractivity contribution < 1.29 is 0 Å². The van der Waals surface area contributed by atoms with E-state index in [9.17, 15) is 0 Å². The van der Waals surface area contributed by atoms with Crippen molar-refractivity contribution in [2.24, 2.45) is 0 Å². The van der Waals surface area contributed by atoms with Crippen LogP contribution < -0.4 is 0 Å². The number of benzene rings is 1. The molecule has 0 spiro atoms. The van der Waals surface area contributed by atoms with Crippen LogP contribution in [0.2, 0.25) is 0 Å². The first kappa shape index (κ1) is 12.4. The van der Waals surface area contributed by atoms with Crippen LogP contribution in [-0.2, 0) is 0 Å². The van der Waals surface area contributed by atoms with Gasteiger partial charge in [-0.05, 0) is 22.9 Å². The average Bonchev–Trinajstić information content (AvgIpc) is 3.03. The topological polar surface area (TPSA) is 0 Å². The van der Waals surface area contributed by atoms with Crippen molar-refractivity contribution in [1.29, 1.82) is 0 Å². The minimum absolute atomic E-state index is 0. The Bertz CT molecular complexity index is 512. The Kier molecular flexibility index (Phi) is 4.05. The van der Waals surface area contributed by atoms with Crippen LogP contribution in [0, 0.1) is 0 Å². The van der Waals surface area contributed by atoms with Gasteiger partial charge in [-0.15, -0.1) is 22.7 Å². The molecule has 0 aliphatic carbocycles. The Labute approximate surface area is 116 Å². The predicted molar refractivity (Wildman–Crippen MR) is 83.4 cm³/mol. The highest BCUT2D eigenvalue weighted by molar-refractivity contribution is 7.59. The lowest BCUT2D eigenvalue weighted by Crippen LogP contribution is -1.78. The molecule has 0 aliphatic heterocycles. The Balaban J connectivity index is 0.00000108. The van der Waals surface area contributed by atoms with E-state index in [0.29, 0.717) is 0 Å².